The van der Waals surface area contributed by atoms with E-state index in [-0.39, 0.29) is 29.5 Å². The first-order valence-corrected chi connectivity index (χ1v) is 10.1. The molecule has 1 aliphatic heterocycles. The van der Waals surface area contributed by atoms with Crippen molar-refractivity contribution in [3.05, 3.63) is 39.9 Å². The third kappa shape index (κ3) is 3.92. The average molecular weight is 395 g/mol. The molecule has 152 valence electrons. The maximum absolute atomic E-state index is 12.0. The maximum Gasteiger partial charge on any atom is 0.254 e. The highest BCUT2D eigenvalue weighted by atomic mass is 16.2. The van der Waals surface area contributed by atoms with Crippen molar-refractivity contribution in [2.45, 2.75) is 64.5 Å². The predicted octanol–water partition coefficient (Wildman–Crippen LogP) is 2.32. The highest BCUT2D eigenvalue weighted by Crippen LogP contribution is 2.29. The van der Waals surface area contributed by atoms with Crippen LogP contribution in [0.25, 0.3) is 11.4 Å². The van der Waals surface area contributed by atoms with Gasteiger partial charge < -0.3 is 10.3 Å². The van der Waals surface area contributed by atoms with Crippen molar-refractivity contribution in [1.82, 2.24) is 19.9 Å². The molecule has 0 unspecified atom stereocenters. The number of hydrogen-bond acceptors (Lipinski definition) is 6. The van der Waals surface area contributed by atoms with Gasteiger partial charge in [-0.2, -0.15) is 0 Å². The van der Waals surface area contributed by atoms with E-state index in [4.69, 9.17) is 0 Å². The van der Waals surface area contributed by atoms with Crippen molar-refractivity contribution in [3.8, 4) is 11.4 Å². The summed E-state index contributed by atoms with van der Waals surface area (Å²) in [5, 5.41) is 3.43. The van der Waals surface area contributed by atoms with E-state index >= 15 is 0 Å². The van der Waals surface area contributed by atoms with Gasteiger partial charge in [-0.1, -0.05) is 0 Å². The average Bonchev–Trinajstić information content (AvgIpc) is 3.05. The Morgan fingerprint density at radius 1 is 1.03 bits per heavy atom. The summed E-state index contributed by atoms with van der Waals surface area (Å²) in [6, 6.07) is 4.07. The Hall–Kier alpha value is -3.03. The first-order chi connectivity index (χ1) is 13.9. The molecule has 4 rings (SSSR count). The Bertz CT molecular complexity index is 974. The van der Waals surface area contributed by atoms with Crippen molar-refractivity contribution >= 4 is 17.6 Å². The molecule has 3 heterocycles. The van der Waals surface area contributed by atoms with E-state index in [9.17, 15) is 14.4 Å². The molecule has 2 aromatic heterocycles. The predicted molar refractivity (Wildman–Crippen MR) is 108 cm³/mol. The molecule has 0 aromatic carbocycles. The maximum atomic E-state index is 12.0. The number of H-pyrrole nitrogens is 1. The fourth-order valence-electron chi connectivity index (χ4n) is 4.09. The number of nitrogens with one attached hydrogen (secondary N) is 2. The number of nitrogens with zero attached hydrogens (tertiary/aromatic N) is 3. The first-order valence-electron chi connectivity index (χ1n) is 10.1. The molecule has 8 nitrogen and oxygen atoms in total. The summed E-state index contributed by atoms with van der Waals surface area (Å²) >= 11 is 0. The van der Waals surface area contributed by atoms with Gasteiger partial charge in [0, 0.05) is 47.9 Å². The van der Waals surface area contributed by atoms with E-state index < -0.39 is 0 Å². The summed E-state index contributed by atoms with van der Waals surface area (Å²) in [7, 11) is 0. The molecular formula is C21H25N5O3. The van der Waals surface area contributed by atoms with Gasteiger partial charge in [-0.05, 0) is 51.7 Å². The van der Waals surface area contributed by atoms with Crippen molar-refractivity contribution in [1.29, 1.82) is 0 Å². The quantitative estimate of drug-likeness (QED) is 0.769. The molecular weight excluding hydrogens is 370 g/mol. The van der Waals surface area contributed by atoms with Crippen LogP contribution >= 0.6 is 0 Å². The van der Waals surface area contributed by atoms with Gasteiger partial charge in [0.25, 0.3) is 5.56 Å². The largest absolute Gasteiger partial charge is 0.367 e. The molecule has 0 spiro atoms. The number of rotatable bonds is 4. The zero-order valence-electron chi connectivity index (χ0n) is 16.7. The zero-order valence-corrected chi connectivity index (χ0v) is 16.7. The number of aryl methyl sites for hydroxylation is 1. The van der Waals surface area contributed by atoms with Gasteiger partial charge in [-0.3, -0.25) is 19.3 Å². The van der Waals surface area contributed by atoms with Crippen LogP contribution in [-0.4, -0.2) is 43.7 Å². The lowest BCUT2D eigenvalue weighted by atomic mass is 9.90. The molecule has 1 saturated heterocycles. The Balaban J connectivity index is 1.37. The number of anilines is 1. The lowest BCUT2D eigenvalue weighted by Gasteiger charge is -2.34. The van der Waals surface area contributed by atoms with Gasteiger partial charge in [0.05, 0.1) is 0 Å². The summed E-state index contributed by atoms with van der Waals surface area (Å²) in [5.74, 6) is 1.22. The SMILES string of the molecule is Cc1nc(-c2ccc(NC3CCC(N4C(=O)CCC4=O)CC3)nc2)[nH]c(=O)c1C. The second kappa shape index (κ2) is 7.77. The van der Waals surface area contributed by atoms with Crippen molar-refractivity contribution < 1.29 is 9.59 Å². The minimum absolute atomic E-state index is 0.0262. The number of aromatic nitrogens is 3. The molecule has 2 aliphatic rings. The molecule has 2 amide bonds. The summed E-state index contributed by atoms with van der Waals surface area (Å²) < 4.78 is 0. The summed E-state index contributed by atoms with van der Waals surface area (Å²) in [6.07, 6.45) is 5.82. The van der Waals surface area contributed by atoms with E-state index in [0.717, 1.165) is 37.1 Å². The smallest absolute Gasteiger partial charge is 0.254 e. The van der Waals surface area contributed by atoms with Crippen molar-refractivity contribution in [3.63, 3.8) is 0 Å². The standard InChI is InChI=1S/C21H25N5O3/c1-12-13(2)23-20(25-21(12)29)14-3-8-17(22-11-14)24-15-4-6-16(7-5-15)26-18(27)9-10-19(26)28/h3,8,11,15-16H,4-7,9-10H2,1-2H3,(H,22,24)(H,23,25,29). The van der Waals surface area contributed by atoms with E-state index in [1.54, 1.807) is 13.1 Å². The number of hydrogen-bond donors (Lipinski definition) is 2. The molecule has 2 aromatic rings. The lowest BCUT2D eigenvalue weighted by molar-refractivity contribution is -0.141. The summed E-state index contributed by atoms with van der Waals surface area (Å²) in [6.45, 7) is 3.57. The normalized spacial score (nSPS) is 22.2. The number of amides is 2. The summed E-state index contributed by atoms with van der Waals surface area (Å²) in [5.41, 5.74) is 1.94. The van der Waals surface area contributed by atoms with Crippen LogP contribution in [0.1, 0.15) is 49.8 Å². The number of carbonyl (C=O) groups is 2. The Labute approximate surface area is 168 Å². The number of likely N-dealkylation sites (tertiary alicyclic amines) is 1. The zero-order chi connectivity index (χ0) is 20.5. The molecule has 0 bridgehead atoms. The Morgan fingerprint density at radius 3 is 2.31 bits per heavy atom. The van der Waals surface area contributed by atoms with Crippen LogP contribution in [0.15, 0.2) is 23.1 Å². The van der Waals surface area contributed by atoms with E-state index in [0.29, 0.717) is 29.9 Å². The third-order valence-corrected chi connectivity index (χ3v) is 5.94. The monoisotopic (exact) mass is 395 g/mol. The molecule has 1 saturated carbocycles. The molecule has 0 atom stereocenters. The number of carbonyl (C=O) groups excluding carboxylic acids is 2. The molecule has 29 heavy (non-hydrogen) atoms. The number of aromatic amines is 1. The van der Waals surface area contributed by atoms with Gasteiger partial charge in [-0.15, -0.1) is 0 Å². The van der Waals surface area contributed by atoms with Crippen LogP contribution in [0, 0.1) is 13.8 Å². The first kappa shape index (κ1) is 19.3. The van der Waals surface area contributed by atoms with E-state index in [1.807, 2.05) is 19.1 Å². The lowest BCUT2D eigenvalue weighted by Crippen LogP contribution is -2.43. The molecule has 1 aliphatic carbocycles. The molecule has 2 N–H and O–H groups in total. The van der Waals surface area contributed by atoms with Crippen LogP contribution < -0.4 is 10.9 Å². The third-order valence-electron chi connectivity index (χ3n) is 5.94. The Morgan fingerprint density at radius 2 is 1.72 bits per heavy atom. The number of imide groups is 1. The van der Waals surface area contributed by atoms with Crippen molar-refractivity contribution in [2.75, 3.05) is 5.32 Å². The van der Waals surface area contributed by atoms with Crippen LogP contribution in [-0.2, 0) is 9.59 Å². The minimum Gasteiger partial charge on any atom is -0.367 e. The number of pyridine rings is 1. The Kier molecular flexibility index (Phi) is 5.17. The second-order valence-corrected chi connectivity index (χ2v) is 7.86. The molecule has 2 fully saturated rings. The molecule has 0 radical (unpaired) electrons. The van der Waals surface area contributed by atoms with E-state index in [2.05, 4.69) is 20.3 Å². The fraction of sp³-hybridized carbons (Fsp3) is 0.476. The van der Waals surface area contributed by atoms with Gasteiger partial charge in [0.15, 0.2) is 0 Å². The minimum atomic E-state index is -0.138. The van der Waals surface area contributed by atoms with Gasteiger partial charge in [0.2, 0.25) is 11.8 Å². The molecule has 8 heteroatoms. The van der Waals surface area contributed by atoms with Gasteiger partial charge >= 0.3 is 0 Å². The van der Waals surface area contributed by atoms with Gasteiger partial charge in [0.1, 0.15) is 11.6 Å². The van der Waals surface area contributed by atoms with Crippen LogP contribution in [0.4, 0.5) is 5.82 Å². The van der Waals surface area contributed by atoms with Gasteiger partial charge in [-0.25, -0.2) is 9.97 Å². The van der Waals surface area contributed by atoms with Crippen molar-refractivity contribution in [2.24, 2.45) is 0 Å². The topological polar surface area (TPSA) is 108 Å². The van der Waals surface area contributed by atoms with Crippen LogP contribution in [0.5, 0.6) is 0 Å². The fourth-order valence-corrected chi connectivity index (χ4v) is 4.09. The highest BCUT2D eigenvalue weighted by molar-refractivity contribution is 6.02. The van der Waals surface area contributed by atoms with Crippen LogP contribution in [0.2, 0.25) is 0 Å². The highest BCUT2D eigenvalue weighted by Gasteiger charge is 2.36. The van der Waals surface area contributed by atoms with E-state index in [1.165, 1.54) is 4.90 Å². The second-order valence-electron chi connectivity index (χ2n) is 7.86. The van der Waals surface area contributed by atoms with Crippen LogP contribution in [0.3, 0.4) is 0 Å². The summed E-state index contributed by atoms with van der Waals surface area (Å²) in [4.78, 5) is 49.0.